The Morgan fingerprint density at radius 3 is 3.00 bits per heavy atom. The topological polar surface area (TPSA) is 56.1 Å². The van der Waals surface area contributed by atoms with E-state index in [1.165, 1.54) is 0 Å². The molecule has 0 unspecified atom stereocenters. The van der Waals surface area contributed by atoms with E-state index in [2.05, 4.69) is 20.4 Å². The standard InChI is InChI=1S/C14H18ClN5O/c15-13-5-2-1-4-12(13)6-8-20-14(16-17-18-20)19-7-3-10-21-11-9-19/h1-2,4-5H,3,6-11H2. The second-order valence-electron chi connectivity index (χ2n) is 5.00. The zero-order valence-electron chi connectivity index (χ0n) is 11.8. The Morgan fingerprint density at radius 2 is 2.10 bits per heavy atom. The van der Waals surface area contributed by atoms with Crippen molar-refractivity contribution in [2.24, 2.45) is 0 Å². The van der Waals surface area contributed by atoms with E-state index in [9.17, 15) is 0 Å². The van der Waals surface area contributed by atoms with Crippen LogP contribution >= 0.6 is 11.6 Å². The van der Waals surface area contributed by atoms with Crippen LogP contribution in [0, 0.1) is 0 Å². The third-order valence-corrected chi connectivity index (χ3v) is 3.94. The molecule has 0 saturated carbocycles. The summed E-state index contributed by atoms with van der Waals surface area (Å²) >= 11 is 6.19. The lowest BCUT2D eigenvalue weighted by Crippen LogP contribution is -2.29. The number of ether oxygens (including phenoxy) is 1. The fourth-order valence-corrected chi connectivity index (χ4v) is 2.67. The van der Waals surface area contributed by atoms with Crippen molar-refractivity contribution in [2.45, 2.75) is 19.4 Å². The monoisotopic (exact) mass is 307 g/mol. The van der Waals surface area contributed by atoms with Gasteiger partial charge in [0, 0.05) is 24.7 Å². The van der Waals surface area contributed by atoms with E-state index in [4.69, 9.17) is 16.3 Å². The molecule has 6 nitrogen and oxygen atoms in total. The van der Waals surface area contributed by atoms with Crippen LogP contribution in [0.25, 0.3) is 0 Å². The molecule has 1 aliphatic heterocycles. The molecule has 2 aromatic rings. The first-order valence-electron chi connectivity index (χ1n) is 7.17. The molecule has 21 heavy (non-hydrogen) atoms. The SMILES string of the molecule is Clc1ccccc1CCn1nnnc1N1CCCOCC1. The van der Waals surface area contributed by atoms with Crippen LogP contribution in [0.5, 0.6) is 0 Å². The van der Waals surface area contributed by atoms with E-state index in [1.54, 1.807) is 0 Å². The molecular weight excluding hydrogens is 290 g/mol. The summed E-state index contributed by atoms with van der Waals surface area (Å²) in [5, 5.41) is 12.8. The predicted molar refractivity (Wildman–Crippen MR) is 80.6 cm³/mol. The van der Waals surface area contributed by atoms with Gasteiger partial charge >= 0.3 is 0 Å². The fourth-order valence-electron chi connectivity index (χ4n) is 2.44. The summed E-state index contributed by atoms with van der Waals surface area (Å²) in [6.45, 7) is 3.98. The van der Waals surface area contributed by atoms with Gasteiger partial charge < -0.3 is 9.64 Å². The molecule has 0 amide bonds. The van der Waals surface area contributed by atoms with Crippen molar-refractivity contribution in [2.75, 3.05) is 31.2 Å². The molecule has 0 spiro atoms. The Bertz CT molecular complexity index is 580. The molecule has 1 aliphatic rings. The van der Waals surface area contributed by atoms with E-state index in [0.717, 1.165) is 55.7 Å². The molecule has 1 aromatic heterocycles. The summed E-state index contributed by atoms with van der Waals surface area (Å²) in [5.41, 5.74) is 1.11. The van der Waals surface area contributed by atoms with Crippen LogP contribution in [0.4, 0.5) is 5.95 Å². The van der Waals surface area contributed by atoms with Crippen LogP contribution < -0.4 is 4.90 Å². The molecule has 0 radical (unpaired) electrons. The summed E-state index contributed by atoms with van der Waals surface area (Å²) in [6.07, 6.45) is 1.80. The number of anilines is 1. The highest BCUT2D eigenvalue weighted by atomic mass is 35.5. The Hall–Kier alpha value is -1.66. The third kappa shape index (κ3) is 3.51. The first-order valence-corrected chi connectivity index (χ1v) is 7.54. The maximum Gasteiger partial charge on any atom is 0.245 e. The second kappa shape index (κ2) is 6.87. The van der Waals surface area contributed by atoms with Crippen molar-refractivity contribution in [1.29, 1.82) is 0 Å². The van der Waals surface area contributed by atoms with Gasteiger partial charge in [-0.2, -0.15) is 0 Å². The smallest absolute Gasteiger partial charge is 0.245 e. The largest absolute Gasteiger partial charge is 0.380 e. The molecule has 0 bridgehead atoms. The number of rotatable bonds is 4. The number of hydrogen-bond acceptors (Lipinski definition) is 5. The molecule has 0 atom stereocenters. The van der Waals surface area contributed by atoms with Gasteiger partial charge in [-0.1, -0.05) is 34.9 Å². The first kappa shape index (κ1) is 14.3. The number of halogens is 1. The lowest BCUT2D eigenvalue weighted by Gasteiger charge is -2.19. The lowest BCUT2D eigenvalue weighted by atomic mass is 10.1. The highest BCUT2D eigenvalue weighted by Gasteiger charge is 2.16. The van der Waals surface area contributed by atoms with E-state index >= 15 is 0 Å². The van der Waals surface area contributed by atoms with Gasteiger partial charge in [-0.15, -0.1) is 0 Å². The lowest BCUT2D eigenvalue weighted by molar-refractivity contribution is 0.152. The average molecular weight is 308 g/mol. The number of hydrogen-bond donors (Lipinski definition) is 0. The van der Waals surface area contributed by atoms with E-state index < -0.39 is 0 Å². The second-order valence-corrected chi connectivity index (χ2v) is 5.40. The van der Waals surface area contributed by atoms with Crippen molar-refractivity contribution >= 4 is 17.5 Å². The average Bonchev–Trinajstić information content (AvgIpc) is 2.80. The van der Waals surface area contributed by atoms with Crippen LogP contribution in [0.1, 0.15) is 12.0 Å². The van der Waals surface area contributed by atoms with Gasteiger partial charge in [0.1, 0.15) is 0 Å². The van der Waals surface area contributed by atoms with Crippen molar-refractivity contribution in [3.05, 3.63) is 34.9 Å². The third-order valence-electron chi connectivity index (χ3n) is 3.57. The van der Waals surface area contributed by atoms with Crippen LogP contribution in [0.15, 0.2) is 24.3 Å². The van der Waals surface area contributed by atoms with Crippen molar-refractivity contribution in [1.82, 2.24) is 20.2 Å². The number of benzene rings is 1. The van der Waals surface area contributed by atoms with Gasteiger partial charge in [0.2, 0.25) is 5.95 Å². The minimum atomic E-state index is 0.712. The summed E-state index contributed by atoms with van der Waals surface area (Å²) < 4.78 is 7.31. The molecule has 1 aromatic carbocycles. The Kier molecular flexibility index (Phi) is 4.67. The maximum absolute atomic E-state index is 6.19. The van der Waals surface area contributed by atoms with Gasteiger partial charge in [0.25, 0.3) is 0 Å². The van der Waals surface area contributed by atoms with Crippen LogP contribution in [0.2, 0.25) is 5.02 Å². The summed E-state index contributed by atoms with van der Waals surface area (Å²) in [4.78, 5) is 2.18. The highest BCUT2D eigenvalue weighted by molar-refractivity contribution is 6.31. The van der Waals surface area contributed by atoms with E-state index in [1.807, 2.05) is 28.9 Å². The van der Waals surface area contributed by atoms with Gasteiger partial charge in [-0.3, -0.25) is 0 Å². The summed E-state index contributed by atoms with van der Waals surface area (Å²) in [6, 6.07) is 7.87. The molecule has 3 rings (SSSR count). The maximum atomic E-state index is 6.19. The van der Waals surface area contributed by atoms with Crippen LogP contribution in [-0.4, -0.2) is 46.5 Å². The zero-order chi connectivity index (χ0) is 14.5. The van der Waals surface area contributed by atoms with Crippen molar-refractivity contribution < 1.29 is 4.74 Å². The van der Waals surface area contributed by atoms with E-state index in [-0.39, 0.29) is 0 Å². The number of aryl methyl sites for hydroxylation is 2. The van der Waals surface area contributed by atoms with Crippen molar-refractivity contribution in [3.63, 3.8) is 0 Å². The molecule has 1 saturated heterocycles. The van der Waals surface area contributed by atoms with Gasteiger partial charge in [-0.25, -0.2) is 4.68 Å². The first-order chi connectivity index (χ1) is 10.3. The summed E-state index contributed by atoms with van der Waals surface area (Å²) in [7, 11) is 0. The minimum absolute atomic E-state index is 0.712. The quantitative estimate of drug-likeness (QED) is 0.862. The Labute approximate surface area is 128 Å². The van der Waals surface area contributed by atoms with Crippen molar-refractivity contribution in [3.8, 4) is 0 Å². The number of aromatic nitrogens is 4. The van der Waals surface area contributed by atoms with E-state index in [0.29, 0.717) is 6.54 Å². The number of tetrazole rings is 1. The van der Waals surface area contributed by atoms with Gasteiger partial charge in [-0.05, 0) is 34.9 Å². The molecule has 112 valence electrons. The van der Waals surface area contributed by atoms with Crippen LogP contribution in [0.3, 0.4) is 0 Å². The molecular formula is C14H18ClN5O. The molecule has 7 heteroatoms. The van der Waals surface area contributed by atoms with Gasteiger partial charge in [0.15, 0.2) is 0 Å². The highest BCUT2D eigenvalue weighted by Crippen LogP contribution is 2.17. The molecule has 0 aliphatic carbocycles. The fraction of sp³-hybridized carbons (Fsp3) is 0.500. The minimum Gasteiger partial charge on any atom is -0.380 e. The molecule has 2 heterocycles. The zero-order valence-corrected chi connectivity index (χ0v) is 12.5. The normalized spacial score (nSPS) is 16.0. The molecule has 1 fully saturated rings. The van der Waals surface area contributed by atoms with Gasteiger partial charge in [0.05, 0.1) is 13.2 Å². The molecule has 0 N–H and O–H groups in total. The van der Waals surface area contributed by atoms with Crippen LogP contribution in [-0.2, 0) is 17.7 Å². The predicted octanol–water partition coefficient (Wildman–Crippen LogP) is 1.80. The Balaban J connectivity index is 1.69. The number of nitrogens with zero attached hydrogens (tertiary/aromatic N) is 5. The summed E-state index contributed by atoms with van der Waals surface area (Å²) in [5.74, 6) is 0.813. The Morgan fingerprint density at radius 1 is 1.19 bits per heavy atom.